The lowest BCUT2D eigenvalue weighted by molar-refractivity contribution is 0.0152. The maximum absolute atomic E-state index is 6.06. The monoisotopic (exact) mass is 467 g/mol. The first-order valence-electron chi connectivity index (χ1n) is 13.4. The highest BCUT2D eigenvalue weighted by atomic mass is 28.3. The number of hydrogen-bond acceptors (Lipinski definition) is 3. The molecule has 0 aliphatic heterocycles. The van der Waals surface area contributed by atoms with Crippen molar-refractivity contribution >= 4 is 13.3 Å². The van der Waals surface area contributed by atoms with Crippen molar-refractivity contribution in [2.45, 2.75) is 104 Å². The molecule has 0 spiro atoms. The summed E-state index contributed by atoms with van der Waals surface area (Å²) in [6, 6.07) is 12.9. The number of fused-ring (bicyclic) bond motifs is 3. The van der Waals surface area contributed by atoms with Gasteiger partial charge in [-0.3, -0.25) is 0 Å². The Morgan fingerprint density at radius 2 is 1.70 bits per heavy atom. The minimum absolute atomic E-state index is 0.142. The summed E-state index contributed by atoms with van der Waals surface area (Å²) in [4.78, 5) is 4.88. The summed E-state index contributed by atoms with van der Waals surface area (Å²) in [5.41, 5.74) is 5.31. The van der Waals surface area contributed by atoms with Gasteiger partial charge in [0.1, 0.15) is 6.61 Å². The molecule has 1 heterocycles. The van der Waals surface area contributed by atoms with Crippen LogP contribution in [0.15, 0.2) is 30.3 Å². The van der Waals surface area contributed by atoms with Crippen LogP contribution < -0.4 is 9.92 Å². The standard InChI is InChI=1S/C29H45NO2Si/c1-6-9-11-12-19-31-24(8-3)22-32-29-18-16-27-26-15-14-25(33(4,5)20-10-7-2)21-23(26)13-17-28(27)30-29/h14-16,18,21,24H,6-13,17,19-20,22H2,1-5H3. The van der Waals surface area contributed by atoms with Gasteiger partial charge < -0.3 is 9.47 Å². The van der Waals surface area contributed by atoms with E-state index in [-0.39, 0.29) is 6.10 Å². The maximum Gasteiger partial charge on any atom is 0.213 e. The van der Waals surface area contributed by atoms with Crippen LogP contribution in [0.3, 0.4) is 0 Å². The van der Waals surface area contributed by atoms with Crippen LogP contribution in [0, 0.1) is 0 Å². The lowest BCUT2D eigenvalue weighted by Crippen LogP contribution is -2.41. The minimum atomic E-state index is -1.35. The molecule has 1 aliphatic rings. The Labute approximate surface area is 203 Å². The zero-order valence-electron chi connectivity index (χ0n) is 21.7. The molecule has 1 aromatic carbocycles. The fourth-order valence-corrected chi connectivity index (χ4v) is 7.36. The number of pyridine rings is 1. The predicted molar refractivity (Wildman–Crippen MR) is 144 cm³/mol. The van der Waals surface area contributed by atoms with Gasteiger partial charge in [0.05, 0.1) is 19.9 Å². The highest BCUT2D eigenvalue weighted by Gasteiger charge is 2.25. The average Bonchev–Trinajstić information content (AvgIpc) is 2.83. The van der Waals surface area contributed by atoms with Crippen molar-refractivity contribution in [3.63, 3.8) is 0 Å². The Balaban J connectivity index is 1.63. The van der Waals surface area contributed by atoms with Gasteiger partial charge in [0.25, 0.3) is 0 Å². The molecule has 182 valence electrons. The summed E-state index contributed by atoms with van der Waals surface area (Å²) in [6.07, 6.45) is 10.7. The largest absolute Gasteiger partial charge is 0.475 e. The van der Waals surface area contributed by atoms with Crippen LogP contribution in [0.5, 0.6) is 5.88 Å². The first-order valence-corrected chi connectivity index (χ1v) is 16.6. The summed E-state index contributed by atoms with van der Waals surface area (Å²) in [5.74, 6) is 0.731. The van der Waals surface area contributed by atoms with Gasteiger partial charge in [-0.05, 0) is 42.9 Å². The van der Waals surface area contributed by atoms with E-state index in [9.17, 15) is 0 Å². The summed E-state index contributed by atoms with van der Waals surface area (Å²) in [7, 11) is -1.35. The molecule has 1 aliphatic carbocycles. The Morgan fingerprint density at radius 3 is 2.45 bits per heavy atom. The molecule has 1 atom stereocenters. The van der Waals surface area contributed by atoms with E-state index >= 15 is 0 Å². The van der Waals surface area contributed by atoms with Gasteiger partial charge in [-0.1, -0.05) is 95.4 Å². The minimum Gasteiger partial charge on any atom is -0.475 e. The fourth-order valence-electron chi connectivity index (χ4n) is 4.74. The first-order chi connectivity index (χ1) is 16.0. The number of rotatable bonds is 14. The molecule has 0 bridgehead atoms. The molecule has 0 saturated heterocycles. The van der Waals surface area contributed by atoms with Crippen molar-refractivity contribution < 1.29 is 9.47 Å². The van der Waals surface area contributed by atoms with E-state index in [1.807, 2.05) is 6.07 Å². The van der Waals surface area contributed by atoms with Gasteiger partial charge >= 0.3 is 0 Å². The second-order valence-corrected chi connectivity index (χ2v) is 15.1. The smallest absolute Gasteiger partial charge is 0.213 e. The maximum atomic E-state index is 6.06. The molecule has 3 rings (SSSR count). The van der Waals surface area contributed by atoms with Crippen LogP contribution in [0.1, 0.15) is 77.0 Å². The Hall–Kier alpha value is -1.65. The molecule has 4 heteroatoms. The summed E-state index contributed by atoms with van der Waals surface area (Å²) in [5, 5.41) is 1.60. The van der Waals surface area contributed by atoms with Gasteiger partial charge in [-0.15, -0.1) is 0 Å². The number of nitrogens with zero attached hydrogens (tertiary/aromatic N) is 1. The Morgan fingerprint density at radius 1 is 0.909 bits per heavy atom. The van der Waals surface area contributed by atoms with E-state index in [1.54, 1.807) is 5.19 Å². The molecule has 0 radical (unpaired) electrons. The van der Waals surface area contributed by atoms with Crippen LogP contribution in [0.4, 0.5) is 0 Å². The van der Waals surface area contributed by atoms with Gasteiger partial charge in [-0.25, -0.2) is 4.98 Å². The zero-order chi connectivity index (χ0) is 23.7. The van der Waals surface area contributed by atoms with Crippen molar-refractivity contribution in [3.05, 3.63) is 41.6 Å². The zero-order valence-corrected chi connectivity index (χ0v) is 22.7. The average molecular weight is 468 g/mol. The second-order valence-electron chi connectivity index (χ2n) is 10.3. The first kappa shape index (κ1) is 26.0. The molecule has 0 N–H and O–H groups in total. The molecule has 0 saturated carbocycles. The van der Waals surface area contributed by atoms with Crippen molar-refractivity contribution in [2.75, 3.05) is 13.2 Å². The van der Waals surface area contributed by atoms with Crippen LogP contribution in [-0.4, -0.2) is 32.4 Å². The molecule has 1 unspecified atom stereocenters. The number of benzene rings is 1. The van der Waals surface area contributed by atoms with Crippen LogP contribution in [-0.2, 0) is 17.6 Å². The molecular weight excluding hydrogens is 422 g/mol. The lowest BCUT2D eigenvalue weighted by atomic mass is 9.89. The summed E-state index contributed by atoms with van der Waals surface area (Å²) >= 11 is 0. The normalized spacial score (nSPS) is 14.0. The van der Waals surface area contributed by atoms with Gasteiger partial charge in [0.2, 0.25) is 5.88 Å². The van der Waals surface area contributed by atoms with Crippen molar-refractivity contribution in [1.82, 2.24) is 4.98 Å². The van der Waals surface area contributed by atoms with E-state index in [4.69, 9.17) is 14.5 Å². The molecule has 0 amide bonds. The van der Waals surface area contributed by atoms with E-state index in [0.717, 1.165) is 38.2 Å². The van der Waals surface area contributed by atoms with Crippen molar-refractivity contribution in [1.29, 1.82) is 0 Å². The summed E-state index contributed by atoms with van der Waals surface area (Å²) in [6.45, 7) is 13.1. The van der Waals surface area contributed by atoms with Crippen LogP contribution in [0.2, 0.25) is 19.1 Å². The highest BCUT2D eigenvalue weighted by Crippen LogP contribution is 2.34. The molecular formula is C29H45NO2Si. The molecule has 0 fully saturated rings. The van der Waals surface area contributed by atoms with Crippen molar-refractivity contribution in [3.8, 4) is 17.0 Å². The van der Waals surface area contributed by atoms with E-state index < -0.39 is 8.07 Å². The van der Waals surface area contributed by atoms with Crippen molar-refractivity contribution in [2.24, 2.45) is 0 Å². The van der Waals surface area contributed by atoms with E-state index in [0.29, 0.717) is 6.61 Å². The van der Waals surface area contributed by atoms with Crippen LogP contribution >= 0.6 is 0 Å². The lowest BCUT2D eigenvalue weighted by Gasteiger charge is -2.26. The fraction of sp³-hybridized carbons (Fsp3) is 0.621. The quantitative estimate of drug-likeness (QED) is 0.215. The predicted octanol–water partition coefficient (Wildman–Crippen LogP) is 7.32. The molecule has 1 aromatic heterocycles. The van der Waals surface area contributed by atoms with E-state index in [2.05, 4.69) is 58.1 Å². The number of aromatic nitrogens is 1. The Bertz CT molecular complexity index is 880. The van der Waals surface area contributed by atoms with Gasteiger partial charge in [0, 0.05) is 18.2 Å². The van der Waals surface area contributed by atoms with E-state index in [1.165, 1.54) is 60.5 Å². The highest BCUT2D eigenvalue weighted by molar-refractivity contribution is 6.89. The number of ether oxygens (including phenoxy) is 2. The number of aryl methyl sites for hydroxylation is 2. The van der Waals surface area contributed by atoms with Gasteiger partial charge in [-0.2, -0.15) is 0 Å². The molecule has 2 aromatic rings. The SMILES string of the molecule is CCCCCCOC(CC)COc1ccc2c(n1)CCc1cc([Si](C)(C)CCCC)ccc1-2. The number of unbranched alkanes of at least 4 members (excludes halogenated alkanes) is 4. The molecule has 33 heavy (non-hydrogen) atoms. The topological polar surface area (TPSA) is 31.4 Å². The number of hydrogen-bond donors (Lipinski definition) is 0. The van der Waals surface area contributed by atoms with Crippen LogP contribution in [0.25, 0.3) is 11.1 Å². The third kappa shape index (κ3) is 7.16. The molecule has 3 nitrogen and oxygen atoms in total. The van der Waals surface area contributed by atoms with Gasteiger partial charge in [0.15, 0.2) is 0 Å². The Kier molecular flexibility index (Phi) is 10.00. The second kappa shape index (κ2) is 12.7. The third-order valence-corrected chi connectivity index (χ3v) is 10.6. The summed E-state index contributed by atoms with van der Waals surface area (Å²) < 4.78 is 12.1. The third-order valence-electron chi connectivity index (χ3n) is 7.14.